The Morgan fingerprint density at radius 2 is 0.842 bits per heavy atom. The van der Waals surface area contributed by atoms with Gasteiger partial charge in [0.25, 0.3) is 0 Å². The normalized spacial score (nSPS) is 31.2. The van der Waals surface area contributed by atoms with Crippen LogP contribution in [-0.4, -0.2) is 193 Å². The van der Waals surface area contributed by atoms with Gasteiger partial charge in [0.05, 0.1) is 38.6 Å². The molecule has 3 saturated heterocycles. The minimum atomic E-state index is -1.98. The number of amides is 1. The summed E-state index contributed by atoms with van der Waals surface area (Å²) < 4.78 is 34.2. The molecule has 76 heavy (non-hydrogen) atoms. The Kier molecular flexibility index (Phi) is 36.9. The Bertz CT molecular complexity index is 1540. The maximum atomic E-state index is 13.3. The lowest BCUT2D eigenvalue weighted by Crippen LogP contribution is -2.66. The van der Waals surface area contributed by atoms with E-state index in [1.165, 1.54) is 96.3 Å². The lowest BCUT2D eigenvalue weighted by molar-refractivity contribution is -0.379. The third-order valence-corrected chi connectivity index (χ3v) is 14.7. The highest BCUT2D eigenvalue weighted by Crippen LogP contribution is 2.33. The monoisotopic (exact) mass is 1090 g/mol. The van der Waals surface area contributed by atoms with Crippen molar-refractivity contribution in [1.82, 2.24) is 5.32 Å². The van der Waals surface area contributed by atoms with E-state index in [0.29, 0.717) is 12.8 Å². The fourth-order valence-electron chi connectivity index (χ4n) is 9.79. The fraction of sp³-hybridized carbons (Fsp3) is 0.877. The molecule has 3 fully saturated rings. The van der Waals surface area contributed by atoms with Crippen molar-refractivity contribution in [2.75, 3.05) is 26.4 Å². The summed E-state index contributed by atoms with van der Waals surface area (Å²) >= 11 is 0. The molecule has 1 amide bonds. The Morgan fingerprint density at radius 3 is 1.32 bits per heavy atom. The van der Waals surface area contributed by atoms with Gasteiger partial charge >= 0.3 is 0 Å². The number of allylic oxidation sites excluding steroid dienone is 5. The summed E-state index contributed by atoms with van der Waals surface area (Å²) in [4.78, 5) is 13.3. The van der Waals surface area contributed by atoms with E-state index in [1.807, 2.05) is 6.08 Å². The van der Waals surface area contributed by atoms with Gasteiger partial charge in [0.2, 0.25) is 5.91 Å². The van der Waals surface area contributed by atoms with Gasteiger partial charge in [0, 0.05) is 6.42 Å². The van der Waals surface area contributed by atoms with E-state index in [1.54, 1.807) is 6.08 Å². The van der Waals surface area contributed by atoms with Crippen LogP contribution in [0.4, 0.5) is 0 Å². The SMILES string of the molecule is CCCCCCCC/C=C\CCCCCCCC(=O)NC(COC1OC(CO)C(OC2OC(CO)C(OC3OC(CO)C(O)C(O)C3O)C(O)C2O)C(O)C1O)C(O)/C=C/CC/C=C/CCCCCCCCCCCC. The number of hydrogen-bond acceptors (Lipinski definition) is 18. The molecule has 0 aromatic carbocycles. The summed E-state index contributed by atoms with van der Waals surface area (Å²) in [6, 6.07) is -0.992. The first-order valence-electron chi connectivity index (χ1n) is 29.2. The number of ether oxygens (including phenoxy) is 6. The molecule has 12 N–H and O–H groups in total. The summed E-state index contributed by atoms with van der Waals surface area (Å²) in [5.41, 5.74) is 0. The summed E-state index contributed by atoms with van der Waals surface area (Å²) in [6.07, 6.45) is 15.6. The van der Waals surface area contributed by atoms with Crippen LogP contribution < -0.4 is 5.32 Å². The maximum absolute atomic E-state index is 13.3. The van der Waals surface area contributed by atoms with Crippen molar-refractivity contribution in [3.05, 3.63) is 36.5 Å². The lowest BCUT2D eigenvalue weighted by Gasteiger charge is -2.48. The van der Waals surface area contributed by atoms with Gasteiger partial charge < -0.3 is 89.9 Å². The molecule has 3 aliphatic heterocycles. The average Bonchev–Trinajstić information content (AvgIpc) is 3.41. The highest BCUT2D eigenvalue weighted by Gasteiger charge is 2.53. The molecule has 17 atom stereocenters. The summed E-state index contributed by atoms with van der Waals surface area (Å²) in [5, 5.41) is 120. The third kappa shape index (κ3) is 25.2. The summed E-state index contributed by atoms with van der Waals surface area (Å²) in [5.74, 6) is -0.296. The standard InChI is InChI=1S/C57H103NO18/c1-3-5-7-9-11-13-15-17-19-21-22-24-26-28-30-32-34-41(62)40(58-45(63)35-33-31-29-27-25-23-20-18-16-14-12-10-8-6-4-2)39-71-55-51(69)48(66)53(43(37-60)73-55)76-57-52(70)49(67)54(44(38-61)74-57)75-56-50(68)47(65)46(64)42(36-59)72-56/h18,20,24,26,32,34,40-44,46-57,59-62,64-70H,3-17,19,21-23,25,27-31,33,35-39H2,1-2H3,(H,58,63)/b20-18-,26-24+,34-32+. The van der Waals surface area contributed by atoms with Crippen LogP contribution in [0.3, 0.4) is 0 Å². The number of rotatable bonds is 42. The molecule has 19 heteroatoms. The van der Waals surface area contributed by atoms with Crippen molar-refractivity contribution in [2.45, 2.75) is 291 Å². The zero-order valence-electron chi connectivity index (χ0n) is 46.0. The highest BCUT2D eigenvalue weighted by atomic mass is 16.8. The summed E-state index contributed by atoms with van der Waals surface area (Å²) in [7, 11) is 0. The Balaban J connectivity index is 1.54. The minimum Gasteiger partial charge on any atom is -0.394 e. The third-order valence-electron chi connectivity index (χ3n) is 14.7. The summed E-state index contributed by atoms with van der Waals surface area (Å²) in [6.45, 7) is 1.67. The average molecular weight is 1090 g/mol. The zero-order chi connectivity index (χ0) is 55.5. The second-order valence-electron chi connectivity index (χ2n) is 21.1. The molecule has 3 heterocycles. The van der Waals surface area contributed by atoms with Gasteiger partial charge in [0.15, 0.2) is 18.9 Å². The van der Waals surface area contributed by atoms with E-state index < -0.39 is 124 Å². The molecule has 0 aromatic rings. The van der Waals surface area contributed by atoms with Gasteiger partial charge in [-0.15, -0.1) is 0 Å². The van der Waals surface area contributed by atoms with E-state index in [0.717, 1.165) is 57.8 Å². The van der Waals surface area contributed by atoms with E-state index in [-0.39, 0.29) is 18.9 Å². The number of aliphatic hydroxyl groups is 11. The van der Waals surface area contributed by atoms with Crippen LogP contribution in [0.15, 0.2) is 36.5 Å². The first-order valence-corrected chi connectivity index (χ1v) is 29.2. The predicted octanol–water partition coefficient (Wildman–Crippen LogP) is 4.54. The zero-order valence-corrected chi connectivity index (χ0v) is 46.0. The van der Waals surface area contributed by atoms with E-state index in [9.17, 15) is 61.0 Å². The largest absolute Gasteiger partial charge is 0.394 e. The molecule has 19 nitrogen and oxygen atoms in total. The van der Waals surface area contributed by atoms with Crippen molar-refractivity contribution < 1.29 is 89.4 Å². The van der Waals surface area contributed by atoms with Gasteiger partial charge in [0.1, 0.15) is 73.2 Å². The molecule has 17 unspecified atom stereocenters. The Labute approximate surface area is 453 Å². The number of carbonyl (C=O) groups is 1. The highest BCUT2D eigenvalue weighted by molar-refractivity contribution is 5.76. The first-order chi connectivity index (χ1) is 36.8. The van der Waals surface area contributed by atoms with E-state index in [2.05, 4.69) is 43.5 Å². The number of aliphatic hydroxyl groups excluding tert-OH is 11. The second-order valence-corrected chi connectivity index (χ2v) is 21.1. The molecular formula is C57H103NO18. The van der Waals surface area contributed by atoms with Gasteiger partial charge in [-0.3, -0.25) is 4.79 Å². The van der Waals surface area contributed by atoms with Crippen LogP contribution in [0.25, 0.3) is 0 Å². The Morgan fingerprint density at radius 1 is 0.461 bits per heavy atom. The van der Waals surface area contributed by atoms with Crippen molar-refractivity contribution in [3.63, 3.8) is 0 Å². The van der Waals surface area contributed by atoms with Crippen molar-refractivity contribution in [3.8, 4) is 0 Å². The molecule has 444 valence electrons. The van der Waals surface area contributed by atoms with Crippen molar-refractivity contribution in [2.24, 2.45) is 0 Å². The molecule has 0 spiro atoms. The van der Waals surface area contributed by atoms with E-state index >= 15 is 0 Å². The lowest BCUT2D eigenvalue weighted by atomic mass is 9.96. The predicted molar refractivity (Wildman–Crippen MR) is 286 cm³/mol. The number of hydrogen-bond donors (Lipinski definition) is 12. The minimum absolute atomic E-state index is 0.226. The number of nitrogens with one attached hydrogen (secondary N) is 1. The second kappa shape index (κ2) is 41.1. The van der Waals surface area contributed by atoms with Gasteiger partial charge in [-0.2, -0.15) is 0 Å². The van der Waals surface area contributed by atoms with Crippen molar-refractivity contribution in [1.29, 1.82) is 0 Å². The number of unbranched alkanes of at least 4 members (excludes halogenated alkanes) is 22. The van der Waals surface area contributed by atoms with Crippen LogP contribution in [0.2, 0.25) is 0 Å². The number of carbonyl (C=O) groups excluding carboxylic acids is 1. The molecule has 0 saturated carbocycles. The molecule has 3 rings (SSSR count). The molecular weight excluding hydrogens is 987 g/mol. The van der Waals surface area contributed by atoms with E-state index in [4.69, 9.17) is 28.4 Å². The van der Waals surface area contributed by atoms with Crippen LogP contribution in [-0.2, 0) is 33.2 Å². The smallest absolute Gasteiger partial charge is 0.220 e. The fourth-order valence-corrected chi connectivity index (χ4v) is 9.79. The quantitative estimate of drug-likeness (QED) is 0.0295. The van der Waals surface area contributed by atoms with Crippen LogP contribution in [0.5, 0.6) is 0 Å². The van der Waals surface area contributed by atoms with Crippen LogP contribution >= 0.6 is 0 Å². The van der Waals surface area contributed by atoms with Crippen molar-refractivity contribution >= 4 is 5.91 Å². The first kappa shape index (κ1) is 68.3. The molecule has 0 aromatic heterocycles. The molecule has 0 radical (unpaired) electrons. The topological polar surface area (TPSA) is 307 Å². The molecule has 0 aliphatic carbocycles. The van der Waals surface area contributed by atoms with Gasteiger partial charge in [-0.25, -0.2) is 0 Å². The van der Waals surface area contributed by atoms with Gasteiger partial charge in [-0.1, -0.05) is 159 Å². The molecule has 0 bridgehead atoms. The maximum Gasteiger partial charge on any atom is 0.220 e. The Hall–Kier alpha value is -1.99. The molecule has 3 aliphatic rings. The van der Waals surface area contributed by atoms with Crippen LogP contribution in [0, 0.1) is 0 Å². The van der Waals surface area contributed by atoms with Crippen LogP contribution in [0.1, 0.15) is 187 Å². The van der Waals surface area contributed by atoms with Gasteiger partial charge in [-0.05, 0) is 57.8 Å².